The van der Waals surface area contributed by atoms with E-state index >= 15 is 0 Å². The summed E-state index contributed by atoms with van der Waals surface area (Å²) in [6, 6.07) is 4.24. The fourth-order valence-electron chi connectivity index (χ4n) is 2.51. The second-order valence-electron chi connectivity index (χ2n) is 6.86. The summed E-state index contributed by atoms with van der Waals surface area (Å²) in [5.41, 5.74) is 3.48. The molecule has 0 amide bonds. The van der Waals surface area contributed by atoms with Gasteiger partial charge in [-0.05, 0) is 73.6 Å². The zero-order valence-electron chi connectivity index (χ0n) is 17.5. The third-order valence-corrected chi connectivity index (χ3v) is 4.79. The van der Waals surface area contributed by atoms with Crippen molar-refractivity contribution in [2.24, 2.45) is 7.05 Å². The molecule has 0 unspecified atom stereocenters. The van der Waals surface area contributed by atoms with E-state index < -0.39 is 0 Å². The molecule has 1 aromatic rings. The number of aromatic nitrogens is 1. The van der Waals surface area contributed by atoms with Crippen LogP contribution in [0.2, 0.25) is 0 Å². The molecule has 2 heteroatoms. The average molecular weight is 311 g/mol. The summed E-state index contributed by atoms with van der Waals surface area (Å²) in [7, 11) is 4.30. The van der Waals surface area contributed by atoms with Crippen molar-refractivity contribution in [1.82, 2.24) is 9.47 Å². The van der Waals surface area contributed by atoms with E-state index in [0.29, 0.717) is 11.1 Å². The predicted molar refractivity (Wildman–Crippen MR) is 103 cm³/mol. The van der Waals surface area contributed by atoms with Gasteiger partial charge in [0.15, 0.2) is 0 Å². The predicted octanol–water partition coefficient (Wildman–Crippen LogP) is 5.96. The molecule has 22 heavy (non-hydrogen) atoms. The van der Waals surface area contributed by atoms with Crippen molar-refractivity contribution in [3.8, 4) is 0 Å². The van der Waals surface area contributed by atoms with Crippen LogP contribution < -0.4 is 0 Å². The van der Waals surface area contributed by atoms with Gasteiger partial charge in [-0.3, -0.25) is 4.90 Å². The van der Waals surface area contributed by atoms with Crippen LogP contribution in [-0.2, 0) is 7.05 Å². The first-order valence-corrected chi connectivity index (χ1v) is 8.91. The lowest BCUT2D eigenvalue weighted by atomic mass is 10.0. The van der Waals surface area contributed by atoms with Gasteiger partial charge in [-0.15, -0.1) is 0 Å². The van der Waals surface area contributed by atoms with E-state index in [0.717, 1.165) is 0 Å². The second kappa shape index (κ2) is 10.1. The lowest BCUT2D eigenvalue weighted by Crippen LogP contribution is -2.44. The summed E-state index contributed by atoms with van der Waals surface area (Å²) < 4.78 is 2.17. The summed E-state index contributed by atoms with van der Waals surface area (Å²) >= 11 is 0. The summed E-state index contributed by atoms with van der Waals surface area (Å²) in [5, 5.41) is 0. The number of aryl methyl sites for hydroxylation is 2. The maximum atomic E-state index is 2.49. The summed E-state index contributed by atoms with van der Waals surface area (Å²) in [4.78, 5) is 2.49. The first-order chi connectivity index (χ1) is 10.1. The SMILES string of the molecule is CC.CC.CN1C(C)(C)CCC1(C)C.Cc1ccc(C)n1C. The molecule has 2 rings (SSSR count). The third-order valence-electron chi connectivity index (χ3n) is 4.79. The average Bonchev–Trinajstić information content (AvgIpc) is 2.89. The minimum absolute atomic E-state index is 0.420. The van der Waals surface area contributed by atoms with Gasteiger partial charge in [-0.1, -0.05) is 27.7 Å². The molecule has 1 aromatic heterocycles. The number of likely N-dealkylation sites (tertiary alicyclic amines) is 1. The topological polar surface area (TPSA) is 8.17 Å². The van der Waals surface area contributed by atoms with E-state index in [9.17, 15) is 0 Å². The fourth-order valence-corrected chi connectivity index (χ4v) is 2.51. The minimum atomic E-state index is 0.420. The molecule has 0 bridgehead atoms. The first-order valence-electron chi connectivity index (χ1n) is 8.91. The summed E-state index contributed by atoms with van der Waals surface area (Å²) in [6.07, 6.45) is 2.66. The molecule has 0 radical (unpaired) electrons. The lowest BCUT2D eigenvalue weighted by Gasteiger charge is -2.36. The number of rotatable bonds is 0. The molecule has 1 aliphatic heterocycles. The molecule has 1 aliphatic rings. The molecule has 2 nitrogen and oxygen atoms in total. The Bertz CT molecular complexity index is 364. The Morgan fingerprint density at radius 3 is 1.09 bits per heavy atom. The lowest BCUT2D eigenvalue weighted by molar-refractivity contribution is 0.115. The van der Waals surface area contributed by atoms with Crippen LogP contribution in [0.4, 0.5) is 0 Å². The number of hydrogen-bond acceptors (Lipinski definition) is 1. The maximum Gasteiger partial charge on any atom is 0.0156 e. The van der Waals surface area contributed by atoms with Crippen LogP contribution in [0.3, 0.4) is 0 Å². The van der Waals surface area contributed by atoms with E-state index in [-0.39, 0.29) is 0 Å². The zero-order chi connectivity index (χ0) is 18.1. The Balaban J connectivity index is 0. The van der Waals surface area contributed by atoms with Gasteiger partial charge in [0.05, 0.1) is 0 Å². The van der Waals surface area contributed by atoms with Crippen molar-refractivity contribution in [1.29, 1.82) is 0 Å². The second-order valence-corrected chi connectivity index (χ2v) is 6.86. The first kappa shape index (κ1) is 23.5. The minimum Gasteiger partial charge on any atom is -0.352 e. The maximum absolute atomic E-state index is 2.49. The highest BCUT2D eigenvalue weighted by Gasteiger charge is 2.41. The highest BCUT2D eigenvalue weighted by molar-refractivity contribution is 5.12. The van der Waals surface area contributed by atoms with Crippen molar-refractivity contribution in [2.75, 3.05) is 7.05 Å². The molecule has 132 valence electrons. The van der Waals surface area contributed by atoms with Gasteiger partial charge in [0, 0.05) is 29.5 Å². The van der Waals surface area contributed by atoms with E-state index in [4.69, 9.17) is 0 Å². The van der Waals surface area contributed by atoms with E-state index in [2.05, 4.69) is 77.2 Å². The quantitative estimate of drug-likeness (QED) is 0.573. The molecule has 0 N–H and O–H groups in total. The Hall–Kier alpha value is -0.760. The molecular weight excluding hydrogens is 268 g/mol. The Labute approximate surface area is 140 Å². The van der Waals surface area contributed by atoms with Gasteiger partial charge >= 0.3 is 0 Å². The Morgan fingerprint density at radius 1 is 0.727 bits per heavy atom. The standard InChI is InChI=1S/C9H19N.C7H11N.2C2H6/c1-8(2)6-7-9(3,4)10(8)5;1-6-4-5-7(2)8(6)3;2*1-2/h6-7H2,1-5H3;4-5H,1-3H3;2*1-2H3. The van der Waals surface area contributed by atoms with Gasteiger partial charge in [0.2, 0.25) is 0 Å². The largest absolute Gasteiger partial charge is 0.352 e. The molecule has 1 saturated heterocycles. The molecule has 2 heterocycles. The van der Waals surface area contributed by atoms with Gasteiger partial charge < -0.3 is 4.57 Å². The molecule has 0 aromatic carbocycles. The van der Waals surface area contributed by atoms with E-state index in [1.54, 1.807) is 0 Å². The molecule has 0 atom stereocenters. The molecule has 1 fully saturated rings. The number of nitrogens with zero attached hydrogens (tertiary/aromatic N) is 2. The van der Waals surface area contributed by atoms with E-state index in [1.807, 2.05) is 27.7 Å². The van der Waals surface area contributed by atoms with Crippen LogP contribution in [0, 0.1) is 13.8 Å². The van der Waals surface area contributed by atoms with E-state index in [1.165, 1.54) is 24.2 Å². The smallest absolute Gasteiger partial charge is 0.0156 e. The van der Waals surface area contributed by atoms with Crippen molar-refractivity contribution in [3.63, 3.8) is 0 Å². The van der Waals surface area contributed by atoms with Crippen molar-refractivity contribution in [2.45, 2.75) is 93.2 Å². The monoisotopic (exact) mass is 310 g/mol. The number of hydrogen-bond donors (Lipinski definition) is 0. The normalized spacial score (nSPS) is 18.2. The molecular formula is C20H42N2. The highest BCUT2D eigenvalue weighted by atomic mass is 15.2. The molecule has 0 spiro atoms. The molecule has 0 aliphatic carbocycles. The Kier molecular flexibility index (Phi) is 10.8. The van der Waals surface area contributed by atoms with Crippen molar-refractivity contribution < 1.29 is 0 Å². The van der Waals surface area contributed by atoms with Gasteiger partial charge in [-0.2, -0.15) is 0 Å². The van der Waals surface area contributed by atoms with Gasteiger partial charge in [0.25, 0.3) is 0 Å². The zero-order valence-corrected chi connectivity index (χ0v) is 17.5. The highest BCUT2D eigenvalue weighted by Crippen LogP contribution is 2.38. The van der Waals surface area contributed by atoms with Gasteiger partial charge in [-0.25, -0.2) is 0 Å². The fraction of sp³-hybridized carbons (Fsp3) is 0.800. The summed E-state index contributed by atoms with van der Waals surface area (Å²) in [6.45, 7) is 21.5. The third kappa shape index (κ3) is 6.56. The van der Waals surface area contributed by atoms with Crippen molar-refractivity contribution in [3.05, 3.63) is 23.5 Å². The van der Waals surface area contributed by atoms with Crippen molar-refractivity contribution >= 4 is 0 Å². The van der Waals surface area contributed by atoms with Crippen LogP contribution in [0.15, 0.2) is 12.1 Å². The van der Waals surface area contributed by atoms with Crippen LogP contribution in [0.5, 0.6) is 0 Å². The van der Waals surface area contributed by atoms with Gasteiger partial charge in [0.1, 0.15) is 0 Å². The Morgan fingerprint density at radius 2 is 1.00 bits per heavy atom. The van der Waals surface area contributed by atoms with Crippen LogP contribution in [0.25, 0.3) is 0 Å². The van der Waals surface area contributed by atoms with Crippen LogP contribution >= 0.6 is 0 Å². The van der Waals surface area contributed by atoms with Crippen LogP contribution in [0.1, 0.15) is 79.6 Å². The van der Waals surface area contributed by atoms with Crippen LogP contribution in [-0.4, -0.2) is 27.6 Å². The summed E-state index contributed by atoms with van der Waals surface area (Å²) in [5.74, 6) is 0. The molecule has 0 saturated carbocycles.